The number of hydrogen-bond donors (Lipinski definition) is 0. The second kappa shape index (κ2) is 4.21. The molecule has 0 radical (unpaired) electrons. The number of hydrogen-bond acceptors (Lipinski definition) is 2. The lowest BCUT2D eigenvalue weighted by Crippen LogP contribution is -2.51. The van der Waals surface area contributed by atoms with E-state index in [0.29, 0.717) is 17.6 Å². The van der Waals surface area contributed by atoms with Crippen molar-refractivity contribution in [2.75, 3.05) is 13.7 Å². The molecule has 2 nitrogen and oxygen atoms in total. The van der Waals surface area contributed by atoms with E-state index in [9.17, 15) is 0 Å². The Bertz CT molecular complexity index is 290. The predicted molar refractivity (Wildman–Crippen MR) is 70.4 cm³/mol. The van der Waals surface area contributed by atoms with Crippen molar-refractivity contribution in [2.24, 2.45) is 23.2 Å². The monoisotopic (exact) mass is 250 g/mol. The van der Waals surface area contributed by atoms with E-state index in [1.165, 1.54) is 51.4 Å². The molecule has 0 unspecified atom stereocenters. The maximum atomic E-state index is 6.36. The van der Waals surface area contributed by atoms with Crippen LogP contribution >= 0.6 is 0 Å². The van der Waals surface area contributed by atoms with Gasteiger partial charge in [-0.05, 0) is 74.5 Å². The van der Waals surface area contributed by atoms with Crippen molar-refractivity contribution in [3.05, 3.63) is 0 Å². The third-order valence-electron chi connectivity index (χ3n) is 6.23. The van der Waals surface area contributed by atoms with Gasteiger partial charge >= 0.3 is 0 Å². The van der Waals surface area contributed by atoms with Gasteiger partial charge in [-0.25, -0.2) is 0 Å². The Labute approximate surface area is 110 Å². The zero-order valence-corrected chi connectivity index (χ0v) is 11.6. The molecule has 4 bridgehead atoms. The normalized spacial score (nSPS) is 54.2. The molecule has 0 amide bonds. The molecule has 5 aliphatic rings. The average Bonchev–Trinajstić information content (AvgIpc) is 2.77. The van der Waals surface area contributed by atoms with Crippen molar-refractivity contribution in [1.29, 1.82) is 0 Å². The molecule has 2 heteroatoms. The first kappa shape index (κ1) is 11.7. The fourth-order valence-electron chi connectivity index (χ4n) is 6.04. The highest BCUT2D eigenvalue weighted by molar-refractivity contribution is 5.05. The highest BCUT2D eigenvalue weighted by atomic mass is 16.5. The van der Waals surface area contributed by atoms with Gasteiger partial charge in [0.05, 0.1) is 18.8 Å². The lowest BCUT2D eigenvalue weighted by atomic mass is 9.48. The molecule has 0 N–H and O–H groups in total. The molecule has 1 heterocycles. The molecule has 0 aromatic carbocycles. The van der Waals surface area contributed by atoms with E-state index >= 15 is 0 Å². The van der Waals surface area contributed by atoms with Gasteiger partial charge in [-0.2, -0.15) is 0 Å². The van der Waals surface area contributed by atoms with Gasteiger partial charge in [0.15, 0.2) is 0 Å². The van der Waals surface area contributed by atoms with Gasteiger partial charge in [0, 0.05) is 7.11 Å². The molecule has 4 saturated carbocycles. The highest BCUT2D eigenvalue weighted by Crippen LogP contribution is 2.63. The minimum atomic E-state index is 0.382. The average molecular weight is 250 g/mol. The van der Waals surface area contributed by atoms with Gasteiger partial charge in [0.25, 0.3) is 0 Å². The van der Waals surface area contributed by atoms with Crippen molar-refractivity contribution in [2.45, 2.75) is 63.6 Å². The van der Waals surface area contributed by atoms with Crippen molar-refractivity contribution < 1.29 is 9.47 Å². The van der Waals surface area contributed by atoms with E-state index in [0.717, 1.165) is 24.4 Å². The maximum absolute atomic E-state index is 6.36. The van der Waals surface area contributed by atoms with Crippen molar-refractivity contribution in [1.82, 2.24) is 0 Å². The lowest BCUT2D eigenvalue weighted by molar-refractivity contribution is -0.142. The Morgan fingerprint density at radius 3 is 2.17 bits per heavy atom. The fourth-order valence-corrected chi connectivity index (χ4v) is 6.04. The molecule has 102 valence electrons. The first-order valence-electron chi connectivity index (χ1n) is 7.92. The van der Waals surface area contributed by atoms with Crippen LogP contribution in [0.15, 0.2) is 0 Å². The van der Waals surface area contributed by atoms with Crippen molar-refractivity contribution in [3.8, 4) is 0 Å². The van der Waals surface area contributed by atoms with E-state index in [1.54, 1.807) is 7.11 Å². The van der Waals surface area contributed by atoms with E-state index < -0.39 is 0 Å². The molecule has 4 aliphatic carbocycles. The largest absolute Gasteiger partial charge is 0.382 e. The van der Waals surface area contributed by atoms with E-state index in [4.69, 9.17) is 9.47 Å². The van der Waals surface area contributed by atoms with Crippen LogP contribution in [0.3, 0.4) is 0 Å². The van der Waals surface area contributed by atoms with Crippen LogP contribution < -0.4 is 0 Å². The standard InChI is InChI=1S/C16H26O2/c1-17-10-14-2-3-15(18-14)16-7-11-4-12(8-16)6-13(5-11)9-16/h11-15H,2-10H2,1H3/t11?,12?,13?,14-,15+,16?/m1/s1. The van der Waals surface area contributed by atoms with E-state index in [-0.39, 0.29) is 0 Å². The summed E-state index contributed by atoms with van der Waals surface area (Å²) in [6, 6.07) is 0. The summed E-state index contributed by atoms with van der Waals surface area (Å²) in [5.74, 6) is 3.13. The van der Waals surface area contributed by atoms with Gasteiger partial charge < -0.3 is 9.47 Å². The minimum Gasteiger partial charge on any atom is -0.382 e. The lowest BCUT2D eigenvalue weighted by Gasteiger charge is -2.58. The predicted octanol–water partition coefficient (Wildman–Crippen LogP) is 3.40. The zero-order chi connectivity index (χ0) is 12.2. The third-order valence-corrected chi connectivity index (χ3v) is 6.23. The van der Waals surface area contributed by atoms with E-state index in [1.807, 2.05) is 0 Å². The number of methoxy groups -OCH3 is 1. The molecule has 5 rings (SSSR count). The van der Waals surface area contributed by atoms with Crippen LogP contribution in [0.4, 0.5) is 0 Å². The Balaban J connectivity index is 1.51. The summed E-state index contributed by atoms with van der Waals surface area (Å²) < 4.78 is 11.6. The highest BCUT2D eigenvalue weighted by Gasteiger charge is 2.55. The summed E-state index contributed by atoms with van der Waals surface area (Å²) in [4.78, 5) is 0. The molecule has 0 spiro atoms. The van der Waals surface area contributed by atoms with Gasteiger partial charge in [-0.15, -0.1) is 0 Å². The molecule has 0 aromatic rings. The van der Waals surface area contributed by atoms with Crippen LogP contribution in [-0.4, -0.2) is 25.9 Å². The fraction of sp³-hybridized carbons (Fsp3) is 1.00. The topological polar surface area (TPSA) is 18.5 Å². The summed E-state index contributed by atoms with van der Waals surface area (Å²) in [5, 5.41) is 0. The van der Waals surface area contributed by atoms with Crippen LogP contribution in [-0.2, 0) is 9.47 Å². The molecule has 2 atom stereocenters. The molecular weight excluding hydrogens is 224 g/mol. The van der Waals surface area contributed by atoms with Crippen LogP contribution in [0.5, 0.6) is 0 Å². The van der Waals surface area contributed by atoms with E-state index in [2.05, 4.69) is 0 Å². The summed E-state index contributed by atoms with van der Waals surface area (Å²) in [5.41, 5.74) is 0.581. The SMILES string of the molecule is COC[C@H]1CC[C@@H](C23CC4CC(CC(C4)C2)C3)O1. The summed E-state index contributed by atoms with van der Waals surface area (Å²) in [7, 11) is 1.79. The molecule has 1 aliphatic heterocycles. The van der Waals surface area contributed by atoms with Crippen molar-refractivity contribution >= 4 is 0 Å². The quantitative estimate of drug-likeness (QED) is 0.764. The summed E-state index contributed by atoms with van der Waals surface area (Å²) in [6.07, 6.45) is 12.5. The third kappa shape index (κ3) is 1.76. The molecule has 18 heavy (non-hydrogen) atoms. The Kier molecular flexibility index (Phi) is 2.74. The number of ether oxygens (including phenoxy) is 2. The zero-order valence-electron chi connectivity index (χ0n) is 11.6. The molecular formula is C16H26O2. The smallest absolute Gasteiger partial charge is 0.0813 e. The van der Waals surface area contributed by atoms with Gasteiger partial charge in [0.2, 0.25) is 0 Å². The van der Waals surface area contributed by atoms with Crippen LogP contribution in [0.1, 0.15) is 51.4 Å². The van der Waals surface area contributed by atoms with Gasteiger partial charge in [-0.1, -0.05) is 0 Å². The minimum absolute atomic E-state index is 0.382. The first-order chi connectivity index (χ1) is 8.77. The van der Waals surface area contributed by atoms with Crippen LogP contribution in [0, 0.1) is 23.2 Å². The van der Waals surface area contributed by atoms with Gasteiger partial charge in [0.1, 0.15) is 0 Å². The molecule has 5 fully saturated rings. The molecule has 1 saturated heterocycles. The second-order valence-corrected chi connectivity index (χ2v) is 7.56. The Morgan fingerprint density at radius 1 is 1.00 bits per heavy atom. The van der Waals surface area contributed by atoms with Crippen LogP contribution in [0.25, 0.3) is 0 Å². The second-order valence-electron chi connectivity index (χ2n) is 7.56. The summed E-state index contributed by atoms with van der Waals surface area (Å²) >= 11 is 0. The maximum Gasteiger partial charge on any atom is 0.0813 e. The molecule has 0 aromatic heterocycles. The summed E-state index contributed by atoms with van der Waals surface area (Å²) in [6.45, 7) is 0.795. The van der Waals surface area contributed by atoms with Crippen LogP contribution in [0.2, 0.25) is 0 Å². The Hall–Kier alpha value is -0.0800. The number of rotatable bonds is 3. The first-order valence-corrected chi connectivity index (χ1v) is 7.92. The van der Waals surface area contributed by atoms with Gasteiger partial charge in [-0.3, -0.25) is 0 Å². The van der Waals surface area contributed by atoms with Crippen molar-refractivity contribution in [3.63, 3.8) is 0 Å². The Morgan fingerprint density at radius 2 is 1.61 bits per heavy atom.